The van der Waals surface area contributed by atoms with Crippen LogP contribution in [-0.4, -0.2) is 67.3 Å². The van der Waals surface area contributed by atoms with Crippen LogP contribution in [0.15, 0.2) is 53.7 Å². The third-order valence-electron chi connectivity index (χ3n) is 5.42. The van der Waals surface area contributed by atoms with E-state index < -0.39 is 5.60 Å². The summed E-state index contributed by atoms with van der Waals surface area (Å²) in [7, 11) is 2.15. The van der Waals surface area contributed by atoms with E-state index in [4.69, 9.17) is 4.99 Å². The van der Waals surface area contributed by atoms with Crippen molar-refractivity contribution in [3.8, 4) is 0 Å². The summed E-state index contributed by atoms with van der Waals surface area (Å²) in [6.07, 6.45) is 1.85. The molecule has 1 atom stereocenters. The molecule has 1 aliphatic rings. The van der Waals surface area contributed by atoms with E-state index in [9.17, 15) is 5.11 Å². The third-order valence-corrected chi connectivity index (χ3v) is 5.42. The van der Waals surface area contributed by atoms with Gasteiger partial charge >= 0.3 is 0 Å². The number of hydrogen-bond donors (Lipinski definition) is 3. The molecule has 31 heavy (non-hydrogen) atoms. The maximum atomic E-state index is 10.9. The molecule has 2 aromatic rings. The number of pyridine rings is 1. The summed E-state index contributed by atoms with van der Waals surface area (Å²) in [6.45, 7) is 9.51. The minimum absolute atomic E-state index is 0. The number of anilines is 1. The van der Waals surface area contributed by atoms with Crippen molar-refractivity contribution in [2.24, 2.45) is 4.99 Å². The molecule has 0 bridgehead atoms. The second-order valence-electron chi connectivity index (χ2n) is 7.97. The van der Waals surface area contributed by atoms with Crippen LogP contribution in [0.25, 0.3) is 0 Å². The number of halogens is 1. The lowest BCUT2D eigenvalue weighted by atomic mass is 9.96. The number of rotatable bonds is 7. The van der Waals surface area contributed by atoms with Gasteiger partial charge in [-0.2, -0.15) is 0 Å². The molecule has 1 unspecified atom stereocenters. The van der Waals surface area contributed by atoms with Crippen LogP contribution >= 0.6 is 24.0 Å². The number of nitrogens with one attached hydrogen (secondary N) is 2. The normalized spacial score (nSPS) is 16.9. The molecule has 1 aliphatic heterocycles. The van der Waals surface area contributed by atoms with E-state index in [0.717, 1.165) is 49.7 Å². The molecule has 3 rings (SSSR count). The Labute approximate surface area is 203 Å². The fourth-order valence-corrected chi connectivity index (χ4v) is 3.52. The summed E-state index contributed by atoms with van der Waals surface area (Å²) >= 11 is 0. The van der Waals surface area contributed by atoms with Crippen LogP contribution in [0.3, 0.4) is 0 Å². The average molecular weight is 538 g/mol. The number of benzene rings is 1. The number of aromatic nitrogens is 1. The van der Waals surface area contributed by atoms with Gasteiger partial charge < -0.3 is 25.5 Å². The van der Waals surface area contributed by atoms with Gasteiger partial charge in [0.1, 0.15) is 11.4 Å². The molecule has 1 saturated heterocycles. The molecule has 8 heteroatoms. The number of likely N-dealkylation sites (N-methyl/N-ethyl adjacent to an activating group) is 1. The summed E-state index contributed by atoms with van der Waals surface area (Å²) in [4.78, 5) is 14.1. The first kappa shape index (κ1) is 25.4. The maximum Gasteiger partial charge on any atom is 0.191 e. The summed E-state index contributed by atoms with van der Waals surface area (Å²) < 4.78 is 0. The first-order chi connectivity index (χ1) is 14.5. The van der Waals surface area contributed by atoms with Gasteiger partial charge in [-0.15, -0.1) is 24.0 Å². The van der Waals surface area contributed by atoms with Crippen molar-refractivity contribution in [2.45, 2.75) is 26.0 Å². The Balaban J connectivity index is 0.00000341. The van der Waals surface area contributed by atoms with Crippen molar-refractivity contribution in [1.82, 2.24) is 20.5 Å². The quantitative estimate of drug-likeness (QED) is 0.286. The molecule has 1 fully saturated rings. The van der Waals surface area contributed by atoms with Gasteiger partial charge in [0.25, 0.3) is 0 Å². The van der Waals surface area contributed by atoms with Gasteiger partial charge in [0.15, 0.2) is 5.96 Å². The predicted molar refractivity (Wildman–Crippen MR) is 138 cm³/mol. The zero-order valence-corrected chi connectivity index (χ0v) is 21.0. The second kappa shape index (κ2) is 12.2. The standard InChI is InChI=1S/C23H34N6O.HI/c1-4-24-22(27-18-23(2,30)20-10-6-5-7-11-20)26-17-19-9-8-12-25-21(19)29-15-13-28(3)14-16-29;/h5-12,30H,4,13-18H2,1-3H3,(H2,24,26,27);1H. The lowest BCUT2D eigenvalue weighted by Gasteiger charge is -2.34. The highest BCUT2D eigenvalue weighted by Gasteiger charge is 2.23. The lowest BCUT2D eigenvalue weighted by molar-refractivity contribution is 0.0617. The molecule has 3 N–H and O–H groups in total. The van der Waals surface area contributed by atoms with E-state index >= 15 is 0 Å². The second-order valence-corrected chi connectivity index (χ2v) is 7.97. The molecule has 170 valence electrons. The number of nitrogens with zero attached hydrogens (tertiary/aromatic N) is 4. The van der Waals surface area contributed by atoms with Crippen LogP contribution in [-0.2, 0) is 12.1 Å². The van der Waals surface area contributed by atoms with E-state index in [2.05, 4.69) is 38.5 Å². The zero-order chi connectivity index (χ0) is 21.4. The van der Waals surface area contributed by atoms with E-state index in [1.165, 1.54) is 0 Å². The summed E-state index contributed by atoms with van der Waals surface area (Å²) in [5.41, 5.74) is 0.989. The minimum Gasteiger partial charge on any atom is -0.384 e. The largest absolute Gasteiger partial charge is 0.384 e. The van der Waals surface area contributed by atoms with E-state index in [-0.39, 0.29) is 24.0 Å². The van der Waals surface area contributed by atoms with Gasteiger partial charge in [-0.3, -0.25) is 0 Å². The minimum atomic E-state index is -0.989. The van der Waals surface area contributed by atoms with Crippen LogP contribution in [0.2, 0.25) is 0 Å². The Morgan fingerprint density at radius 2 is 1.81 bits per heavy atom. The fraction of sp³-hybridized carbons (Fsp3) is 0.478. The topological polar surface area (TPSA) is 76.0 Å². The molecule has 1 aromatic heterocycles. The van der Waals surface area contributed by atoms with Crippen molar-refractivity contribution in [3.05, 3.63) is 59.8 Å². The molecule has 0 saturated carbocycles. The number of hydrogen-bond acceptors (Lipinski definition) is 5. The first-order valence-electron chi connectivity index (χ1n) is 10.7. The summed E-state index contributed by atoms with van der Waals surface area (Å²) in [6, 6.07) is 13.7. The summed E-state index contributed by atoms with van der Waals surface area (Å²) in [5.74, 6) is 1.70. The van der Waals surface area contributed by atoms with Crippen molar-refractivity contribution in [1.29, 1.82) is 0 Å². The Morgan fingerprint density at radius 1 is 1.10 bits per heavy atom. The monoisotopic (exact) mass is 538 g/mol. The predicted octanol–water partition coefficient (Wildman–Crippen LogP) is 2.41. The van der Waals surface area contributed by atoms with Gasteiger partial charge in [0.05, 0.1) is 13.1 Å². The van der Waals surface area contributed by atoms with Gasteiger partial charge in [-0.05, 0) is 32.5 Å². The van der Waals surface area contributed by atoms with Gasteiger partial charge in [0, 0.05) is 44.5 Å². The smallest absolute Gasteiger partial charge is 0.191 e. The first-order valence-corrected chi connectivity index (χ1v) is 10.7. The van der Waals surface area contributed by atoms with Gasteiger partial charge in [0.2, 0.25) is 0 Å². The highest BCUT2D eigenvalue weighted by molar-refractivity contribution is 14.0. The van der Waals surface area contributed by atoms with Crippen LogP contribution in [0.1, 0.15) is 25.0 Å². The van der Waals surface area contributed by atoms with Crippen LogP contribution < -0.4 is 15.5 Å². The highest BCUT2D eigenvalue weighted by atomic mass is 127. The molecule has 0 aliphatic carbocycles. The van der Waals surface area contributed by atoms with Crippen molar-refractivity contribution >= 4 is 35.8 Å². The van der Waals surface area contributed by atoms with Crippen LogP contribution in [0, 0.1) is 0 Å². The molecule has 0 radical (unpaired) electrons. The molecular formula is C23H35IN6O. The molecule has 2 heterocycles. The molecule has 0 spiro atoms. The third kappa shape index (κ3) is 7.33. The molecule has 7 nitrogen and oxygen atoms in total. The average Bonchev–Trinajstić information content (AvgIpc) is 2.77. The molecule has 0 amide bonds. The van der Waals surface area contributed by atoms with E-state index in [1.807, 2.05) is 56.4 Å². The number of piperazine rings is 1. The number of aliphatic imine (C=N–C) groups is 1. The Morgan fingerprint density at radius 3 is 2.48 bits per heavy atom. The van der Waals surface area contributed by atoms with Crippen molar-refractivity contribution < 1.29 is 5.11 Å². The van der Waals surface area contributed by atoms with Crippen molar-refractivity contribution in [2.75, 3.05) is 51.2 Å². The van der Waals surface area contributed by atoms with Crippen molar-refractivity contribution in [3.63, 3.8) is 0 Å². The fourth-order valence-electron chi connectivity index (χ4n) is 3.52. The Hall–Kier alpha value is -1.91. The summed E-state index contributed by atoms with van der Waals surface area (Å²) in [5, 5.41) is 17.4. The lowest BCUT2D eigenvalue weighted by Crippen LogP contribution is -2.45. The number of aliphatic hydroxyl groups is 1. The van der Waals surface area contributed by atoms with Gasteiger partial charge in [-0.1, -0.05) is 36.4 Å². The van der Waals surface area contributed by atoms with E-state index in [0.29, 0.717) is 19.0 Å². The molecular weight excluding hydrogens is 503 g/mol. The van der Waals surface area contributed by atoms with Gasteiger partial charge in [-0.25, -0.2) is 9.98 Å². The molecule has 1 aromatic carbocycles. The Kier molecular flexibility index (Phi) is 9.98. The zero-order valence-electron chi connectivity index (χ0n) is 18.7. The maximum absolute atomic E-state index is 10.9. The van der Waals surface area contributed by atoms with E-state index in [1.54, 1.807) is 0 Å². The SMILES string of the molecule is CCNC(=NCc1cccnc1N1CCN(C)CC1)NCC(C)(O)c1ccccc1.I. The highest BCUT2D eigenvalue weighted by Crippen LogP contribution is 2.20. The number of guanidine groups is 1. The Bertz CT molecular complexity index is 822. The van der Waals surface area contributed by atoms with Crippen LogP contribution in [0.4, 0.5) is 5.82 Å². The van der Waals surface area contributed by atoms with Crippen LogP contribution in [0.5, 0.6) is 0 Å².